The monoisotopic (exact) mass is 250 g/mol. The third kappa shape index (κ3) is 1.71. The average molecular weight is 250 g/mol. The van der Waals surface area contributed by atoms with Gasteiger partial charge in [0, 0.05) is 9.75 Å². The van der Waals surface area contributed by atoms with Crippen molar-refractivity contribution in [2.45, 2.75) is 25.3 Å². The van der Waals surface area contributed by atoms with Gasteiger partial charge in [-0.05, 0) is 37.8 Å². The normalized spacial score (nSPS) is 16.3. The predicted molar refractivity (Wildman–Crippen MR) is 69.4 cm³/mol. The maximum Gasteiger partial charge on any atom is 0.115 e. The largest absolute Gasteiger partial charge is 0.307 e. The van der Waals surface area contributed by atoms with Gasteiger partial charge in [0.2, 0.25) is 0 Å². The molecule has 0 saturated carbocycles. The van der Waals surface area contributed by atoms with Crippen LogP contribution in [0.1, 0.15) is 32.9 Å². The number of thiophene rings is 1. The summed E-state index contributed by atoms with van der Waals surface area (Å²) in [5.41, 5.74) is 1.34. The molecule has 1 aliphatic carbocycles. The molecule has 2 heterocycles. The molecule has 16 heavy (non-hydrogen) atoms. The van der Waals surface area contributed by atoms with Gasteiger partial charge >= 0.3 is 0 Å². The summed E-state index contributed by atoms with van der Waals surface area (Å²) in [7, 11) is 2.01. The Morgan fingerprint density at radius 2 is 2.38 bits per heavy atom. The van der Waals surface area contributed by atoms with Crippen LogP contribution in [-0.2, 0) is 12.8 Å². The molecule has 0 aliphatic heterocycles. The number of aromatic nitrogens is 1. The number of nitrogens with one attached hydrogen (secondary N) is 1. The first-order valence-electron chi connectivity index (χ1n) is 5.57. The van der Waals surface area contributed by atoms with Crippen LogP contribution in [0.2, 0.25) is 0 Å². The second-order valence-corrected chi connectivity index (χ2v) is 6.11. The quantitative estimate of drug-likeness (QED) is 0.906. The zero-order chi connectivity index (χ0) is 11.0. The lowest BCUT2D eigenvalue weighted by molar-refractivity contribution is 0.694. The van der Waals surface area contributed by atoms with Crippen molar-refractivity contribution in [2.75, 3.05) is 7.05 Å². The van der Waals surface area contributed by atoms with Gasteiger partial charge in [-0.2, -0.15) is 0 Å². The standard InChI is InChI=1S/C12H14N2S2/c1-13-11(10-6-3-7-15-10)12-14-8-4-2-5-9(8)16-12/h3,6-7,11,13H,2,4-5H2,1H3. The summed E-state index contributed by atoms with van der Waals surface area (Å²) in [6.07, 6.45) is 3.69. The number of hydrogen-bond acceptors (Lipinski definition) is 4. The van der Waals surface area contributed by atoms with Crippen molar-refractivity contribution in [3.05, 3.63) is 38.0 Å². The lowest BCUT2D eigenvalue weighted by Crippen LogP contribution is -2.16. The van der Waals surface area contributed by atoms with Crippen molar-refractivity contribution in [3.8, 4) is 0 Å². The van der Waals surface area contributed by atoms with Gasteiger partial charge in [0.05, 0.1) is 11.7 Å². The summed E-state index contributed by atoms with van der Waals surface area (Å²) in [5.74, 6) is 0. The SMILES string of the molecule is CNC(c1cccs1)c1nc2c(s1)CCC2. The number of nitrogens with zero attached hydrogens (tertiary/aromatic N) is 1. The summed E-state index contributed by atoms with van der Waals surface area (Å²) in [4.78, 5) is 7.64. The fraction of sp³-hybridized carbons (Fsp3) is 0.417. The zero-order valence-electron chi connectivity index (χ0n) is 9.19. The lowest BCUT2D eigenvalue weighted by atomic mass is 10.2. The highest BCUT2D eigenvalue weighted by atomic mass is 32.1. The molecule has 2 aromatic heterocycles. The first kappa shape index (κ1) is 10.4. The molecule has 1 aliphatic rings. The van der Waals surface area contributed by atoms with Crippen LogP contribution >= 0.6 is 22.7 Å². The Balaban J connectivity index is 1.95. The first-order chi connectivity index (χ1) is 7.88. The van der Waals surface area contributed by atoms with E-state index in [0.29, 0.717) is 0 Å². The van der Waals surface area contributed by atoms with Crippen molar-refractivity contribution in [1.82, 2.24) is 10.3 Å². The maximum atomic E-state index is 4.78. The van der Waals surface area contributed by atoms with Crippen LogP contribution < -0.4 is 5.32 Å². The Hall–Kier alpha value is -0.710. The molecular formula is C12H14N2S2. The van der Waals surface area contributed by atoms with E-state index in [1.807, 2.05) is 18.4 Å². The Morgan fingerprint density at radius 3 is 3.06 bits per heavy atom. The van der Waals surface area contributed by atoms with Gasteiger partial charge in [0.15, 0.2) is 0 Å². The maximum absolute atomic E-state index is 4.78. The molecule has 2 aromatic rings. The predicted octanol–water partition coefficient (Wildman–Crippen LogP) is 3.00. The van der Waals surface area contributed by atoms with E-state index in [4.69, 9.17) is 4.98 Å². The van der Waals surface area contributed by atoms with Crippen LogP contribution in [-0.4, -0.2) is 12.0 Å². The molecule has 84 valence electrons. The molecule has 0 aromatic carbocycles. The number of rotatable bonds is 3. The smallest absolute Gasteiger partial charge is 0.115 e. The highest BCUT2D eigenvalue weighted by molar-refractivity contribution is 7.12. The molecule has 4 heteroatoms. The van der Waals surface area contributed by atoms with Crippen LogP contribution in [0.4, 0.5) is 0 Å². The number of aryl methyl sites for hydroxylation is 2. The van der Waals surface area contributed by atoms with E-state index in [1.54, 1.807) is 11.3 Å². The van der Waals surface area contributed by atoms with Crippen molar-refractivity contribution < 1.29 is 0 Å². The molecule has 2 nitrogen and oxygen atoms in total. The van der Waals surface area contributed by atoms with E-state index >= 15 is 0 Å². The van der Waals surface area contributed by atoms with E-state index in [-0.39, 0.29) is 6.04 Å². The van der Waals surface area contributed by atoms with Crippen molar-refractivity contribution in [2.24, 2.45) is 0 Å². The van der Waals surface area contributed by atoms with Gasteiger partial charge in [0.25, 0.3) is 0 Å². The van der Waals surface area contributed by atoms with E-state index < -0.39 is 0 Å². The molecule has 1 atom stereocenters. The second kappa shape index (κ2) is 4.28. The summed E-state index contributed by atoms with van der Waals surface area (Å²) >= 11 is 3.68. The minimum Gasteiger partial charge on any atom is -0.307 e. The molecule has 1 unspecified atom stereocenters. The topological polar surface area (TPSA) is 24.9 Å². The minimum absolute atomic E-state index is 0.288. The molecule has 0 saturated heterocycles. The molecule has 0 amide bonds. The van der Waals surface area contributed by atoms with Gasteiger partial charge in [-0.3, -0.25) is 0 Å². The summed E-state index contributed by atoms with van der Waals surface area (Å²) < 4.78 is 0. The van der Waals surface area contributed by atoms with Crippen LogP contribution in [0.5, 0.6) is 0 Å². The Kier molecular flexibility index (Phi) is 2.79. The summed E-state index contributed by atoms with van der Waals surface area (Å²) in [6, 6.07) is 4.57. The van der Waals surface area contributed by atoms with Crippen molar-refractivity contribution in [3.63, 3.8) is 0 Å². The minimum atomic E-state index is 0.288. The van der Waals surface area contributed by atoms with Crippen molar-refractivity contribution in [1.29, 1.82) is 0 Å². The van der Waals surface area contributed by atoms with E-state index in [2.05, 4.69) is 22.8 Å². The fourth-order valence-corrected chi connectivity index (χ4v) is 4.37. The van der Waals surface area contributed by atoms with E-state index in [0.717, 1.165) is 0 Å². The molecule has 0 radical (unpaired) electrons. The first-order valence-corrected chi connectivity index (χ1v) is 7.27. The van der Waals surface area contributed by atoms with Gasteiger partial charge in [-0.1, -0.05) is 6.07 Å². The van der Waals surface area contributed by atoms with Crippen LogP contribution in [0, 0.1) is 0 Å². The molecule has 0 fully saturated rings. The van der Waals surface area contributed by atoms with Gasteiger partial charge < -0.3 is 5.32 Å². The van der Waals surface area contributed by atoms with Crippen molar-refractivity contribution >= 4 is 22.7 Å². The molecule has 0 spiro atoms. The number of fused-ring (bicyclic) bond motifs is 1. The van der Waals surface area contributed by atoms with Crippen LogP contribution in [0.3, 0.4) is 0 Å². The molecular weight excluding hydrogens is 236 g/mol. The molecule has 1 N–H and O–H groups in total. The Bertz CT molecular complexity index is 452. The van der Waals surface area contributed by atoms with Crippen LogP contribution in [0.15, 0.2) is 17.5 Å². The van der Waals surface area contributed by atoms with Gasteiger partial charge in [-0.15, -0.1) is 22.7 Å². The Labute approximate surface area is 103 Å². The number of hydrogen-bond donors (Lipinski definition) is 1. The highest BCUT2D eigenvalue weighted by Gasteiger charge is 2.22. The van der Waals surface area contributed by atoms with Gasteiger partial charge in [0.1, 0.15) is 5.01 Å². The average Bonchev–Trinajstić information content (AvgIpc) is 2.91. The third-order valence-electron chi connectivity index (χ3n) is 2.98. The van der Waals surface area contributed by atoms with E-state index in [9.17, 15) is 0 Å². The fourth-order valence-electron chi connectivity index (χ4n) is 2.18. The Morgan fingerprint density at radius 1 is 1.44 bits per heavy atom. The van der Waals surface area contributed by atoms with E-state index in [1.165, 1.54) is 39.7 Å². The van der Waals surface area contributed by atoms with Gasteiger partial charge in [-0.25, -0.2) is 4.98 Å². The summed E-state index contributed by atoms with van der Waals surface area (Å²) in [6.45, 7) is 0. The molecule has 0 bridgehead atoms. The second-order valence-electron chi connectivity index (χ2n) is 4.01. The molecule has 3 rings (SSSR count). The zero-order valence-corrected chi connectivity index (χ0v) is 10.8. The number of thiazole rings is 1. The highest BCUT2D eigenvalue weighted by Crippen LogP contribution is 2.34. The lowest BCUT2D eigenvalue weighted by Gasteiger charge is -2.10. The summed E-state index contributed by atoms with van der Waals surface area (Å²) in [5, 5.41) is 6.72. The third-order valence-corrected chi connectivity index (χ3v) is 5.13. The van der Waals surface area contributed by atoms with Crippen LogP contribution in [0.25, 0.3) is 0 Å².